The Balaban J connectivity index is 0.00000110. The average Bonchev–Trinajstić information content (AvgIpc) is 3.24. The van der Waals surface area contributed by atoms with Crippen molar-refractivity contribution in [3.63, 3.8) is 0 Å². The number of aliphatic hydroxyl groups excluding tert-OH is 1. The van der Waals surface area contributed by atoms with E-state index in [0.717, 1.165) is 24.3 Å². The lowest BCUT2D eigenvalue weighted by molar-refractivity contribution is 0.0689. The topological polar surface area (TPSA) is 165 Å². The summed E-state index contributed by atoms with van der Waals surface area (Å²) in [5.74, 6) is 1.59. The Hall–Kier alpha value is -3.25. The minimum absolute atomic E-state index is 0.0528. The van der Waals surface area contributed by atoms with Crippen LogP contribution in [-0.4, -0.2) is 108 Å². The molecule has 16 heteroatoms. The van der Waals surface area contributed by atoms with Gasteiger partial charge in [-0.1, -0.05) is 93.5 Å². The summed E-state index contributed by atoms with van der Waals surface area (Å²) in [6.07, 6.45) is 4.81. The molecule has 2 N–H and O–H groups in total. The third-order valence-corrected chi connectivity index (χ3v) is 16.4. The SMILES string of the molecule is CC(C)(C)CC(C)(C)c1ccc(OCCO)cc1.CCO[Si](CCCNC(=O)OCCOc1ccc(C(C)(C)CC(C)(C)C)cc1)(OCC)OCC.CCO[Si](CCCOC#N)(OCC)OCC. The van der Waals surface area contributed by atoms with E-state index in [4.69, 9.17) is 51.1 Å². The molecule has 2 aromatic rings. The van der Waals surface area contributed by atoms with Crippen molar-refractivity contribution in [3.05, 3.63) is 59.7 Å². The molecule has 0 heterocycles. The van der Waals surface area contributed by atoms with E-state index in [9.17, 15) is 4.79 Å². The fraction of sp³-hybridized carbons (Fsp3) is 0.731. The van der Waals surface area contributed by atoms with Gasteiger partial charge in [-0.15, -0.1) is 0 Å². The van der Waals surface area contributed by atoms with Gasteiger partial charge in [-0.25, -0.2) is 4.79 Å². The molecule has 0 bridgehead atoms. The van der Waals surface area contributed by atoms with Crippen LogP contribution in [0.3, 0.4) is 0 Å². The Labute approximate surface area is 415 Å². The molecule has 0 atom stereocenters. The molecule has 14 nitrogen and oxygen atoms in total. The Morgan fingerprint density at radius 2 is 0.926 bits per heavy atom. The molecule has 0 aliphatic rings. The number of benzene rings is 2. The Morgan fingerprint density at radius 1 is 0.559 bits per heavy atom. The molecule has 0 radical (unpaired) electrons. The third-order valence-electron chi connectivity index (χ3n) is 10.1. The molecule has 68 heavy (non-hydrogen) atoms. The smallest absolute Gasteiger partial charge is 0.491 e. The first-order valence-electron chi connectivity index (χ1n) is 24.8. The van der Waals surface area contributed by atoms with Crippen LogP contribution in [-0.2, 0) is 46.9 Å². The number of aliphatic hydroxyl groups is 1. The van der Waals surface area contributed by atoms with Crippen LogP contribution in [0, 0.1) is 22.3 Å². The first kappa shape index (κ1) is 64.8. The number of nitrogens with one attached hydrogen (secondary N) is 1. The molecular weight excluding hydrogens is 901 g/mol. The van der Waals surface area contributed by atoms with Crippen molar-refractivity contribution in [1.82, 2.24) is 5.32 Å². The highest BCUT2D eigenvalue weighted by molar-refractivity contribution is 6.61. The number of hydrogen-bond donors (Lipinski definition) is 2. The van der Waals surface area contributed by atoms with Crippen molar-refractivity contribution in [2.45, 2.75) is 159 Å². The monoisotopic (exact) mass is 995 g/mol. The highest BCUT2D eigenvalue weighted by Crippen LogP contribution is 2.38. The fourth-order valence-corrected chi connectivity index (χ4v) is 13.5. The molecule has 0 unspecified atom stereocenters. The fourth-order valence-electron chi connectivity index (χ4n) is 8.27. The molecule has 0 aliphatic carbocycles. The molecule has 0 fully saturated rings. The van der Waals surface area contributed by atoms with E-state index in [2.05, 4.69) is 104 Å². The normalized spacial score (nSPS) is 12.2. The lowest BCUT2D eigenvalue weighted by Gasteiger charge is -2.33. The number of hydrogen-bond acceptors (Lipinski definition) is 13. The first-order chi connectivity index (χ1) is 32.0. The summed E-state index contributed by atoms with van der Waals surface area (Å²) in [6, 6.07) is 17.7. The Morgan fingerprint density at radius 3 is 1.26 bits per heavy atom. The van der Waals surface area contributed by atoms with Gasteiger partial charge in [-0.3, -0.25) is 0 Å². The second kappa shape index (κ2) is 34.1. The molecule has 1 amide bonds. The lowest BCUT2D eigenvalue weighted by atomic mass is 9.72. The summed E-state index contributed by atoms with van der Waals surface area (Å²) in [7, 11) is -5.21. The van der Waals surface area contributed by atoms with Crippen LogP contribution in [0.5, 0.6) is 11.5 Å². The summed E-state index contributed by atoms with van der Waals surface area (Å²) in [5.41, 5.74) is 3.44. The van der Waals surface area contributed by atoms with E-state index >= 15 is 0 Å². The number of rotatable bonds is 31. The van der Waals surface area contributed by atoms with Crippen molar-refractivity contribution < 1.29 is 55.4 Å². The average molecular weight is 995 g/mol. The maximum atomic E-state index is 12.0. The maximum absolute atomic E-state index is 12.0. The largest absolute Gasteiger partial charge is 0.501 e. The van der Waals surface area contributed by atoms with Crippen molar-refractivity contribution >= 4 is 23.7 Å². The number of amides is 1. The summed E-state index contributed by atoms with van der Waals surface area (Å²) in [4.78, 5) is 12.0. The van der Waals surface area contributed by atoms with Crippen molar-refractivity contribution in [1.29, 1.82) is 5.26 Å². The van der Waals surface area contributed by atoms with Crippen LogP contribution in [0.2, 0.25) is 12.1 Å². The molecule has 0 saturated carbocycles. The number of nitriles is 1. The van der Waals surface area contributed by atoms with Gasteiger partial charge in [0.05, 0.1) is 6.61 Å². The quantitative estimate of drug-likeness (QED) is 0.0417. The van der Waals surface area contributed by atoms with Crippen LogP contribution in [0.25, 0.3) is 0 Å². The minimum Gasteiger partial charge on any atom is -0.491 e. The standard InChI is InChI=1S/C26H47NO6Si.C16H26O2.C10H21NO4Si/c1-9-31-34(32-10-2,33-11-3)20-12-17-27-24(28)30-19-18-29-23-15-13-22(14-16-23)26(7,8)21-25(4,5)6;1-15(2,3)12-16(4,5)13-6-8-14(9-7-13)18-11-10-17;1-4-13-16(14-5-2,15-6-3)9-7-8-12-10-11/h13-16H,9-12,17-21H2,1-8H3,(H,27,28);6-9,17H,10-12H2,1-5H3;4-9H2,1-3H3. The molecule has 0 aliphatic heterocycles. The van der Waals surface area contributed by atoms with Gasteiger partial charge in [0.1, 0.15) is 37.9 Å². The summed E-state index contributed by atoms with van der Waals surface area (Å²) in [5, 5.41) is 19.7. The number of nitrogens with zero attached hydrogens (tertiary/aromatic N) is 1. The Bertz CT molecular complexity index is 1590. The Kier molecular flexibility index (Phi) is 32.5. The van der Waals surface area contributed by atoms with E-state index < -0.39 is 23.7 Å². The number of ether oxygens (including phenoxy) is 4. The number of alkyl carbamates (subject to hydrolysis) is 1. The van der Waals surface area contributed by atoms with Gasteiger partial charge in [-0.05, 0) is 124 Å². The van der Waals surface area contributed by atoms with Gasteiger partial charge >= 0.3 is 23.7 Å². The van der Waals surface area contributed by atoms with Crippen LogP contribution in [0.15, 0.2) is 48.5 Å². The van der Waals surface area contributed by atoms with E-state index in [-0.39, 0.29) is 29.5 Å². The zero-order valence-corrected chi connectivity index (χ0v) is 47.2. The van der Waals surface area contributed by atoms with Gasteiger partial charge in [0.25, 0.3) is 6.26 Å². The van der Waals surface area contributed by atoms with Gasteiger partial charge in [0, 0.05) is 58.3 Å². The number of carbonyl (C=O) groups excluding carboxylic acids is 1. The molecular formula is C52H94N2O12Si2. The third kappa shape index (κ3) is 29.1. The van der Waals surface area contributed by atoms with Crippen molar-refractivity contribution in [2.75, 3.05) is 79.2 Å². The van der Waals surface area contributed by atoms with E-state index in [1.54, 1.807) is 6.26 Å². The number of carbonyl (C=O) groups is 1. The zero-order chi connectivity index (χ0) is 51.8. The maximum Gasteiger partial charge on any atom is 0.501 e. The van der Waals surface area contributed by atoms with Gasteiger partial charge in [0.15, 0.2) is 0 Å². The van der Waals surface area contributed by atoms with Crippen LogP contribution >= 0.6 is 0 Å². The molecule has 2 rings (SSSR count). The van der Waals surface area contributed by atoms with Crippen molar-refractivity contribution in [3.8, 4) is 17.8 Å². The molecule has 392 valence electrons. The zero-order valence-electron chi connectivity index (χ0n) is 45.2. The second-order valence-electron chi connectivity index (χ2n) is 19.9. The van der Waals surface area contributed by atoms with Gasteiger partial charge < -0.3 is 55.9 Å². The summed E-state index contributed by atoms with van der Waals surface area (Å²) >= 11 is 0. The highest BCUT2D eigenvalue weighted by atomic mass is 28.4. The predicted molar refractivity (Wildman–Crippen MR) is 276 cm³/mol. The van der Waals surface area contributed by atoms with E-state index in [1.807, 2.05) is 65.8 Å². The highest BCUT2D eigenvalue weighted by Gasteiger charge is 2.40. The summed E-state index contributed by atoms with van der Waals surface area (Å²) < 4.78 is 55.3. The molecule has 0 spiro atoms. The molecule has 0 saturated heterocycles. The minimum atomic E-state index is -2.68. The molecule has 0 aromatic heterocycles. The van der Waals surface area contributed by atoms with Crippen LogP contribution < -0.4 is 14.8 Å². The first-order valence-corrected chi connectivity index (χ1v) is 28.6. The molecule has 2 aromatic carbocycles. The van der Waals surface area contributed by atoms with Crippen LogP contribution in [0.1, 0.15) is 148 Å². The van der Waals surface area contributed by atoms with E-state index in [0.29, 0.717) is 96.4 Å². The lowest BCUT2D eigenvalue weighted by Crippen LogP contribution is -2.46. The van der Waals surface area contributed by atoms with Crippen molar-refractivity contribution in [2.24, 2.45) is 10.8 Å². The van der Waals surface area contributed by atoms with Gasteiger partial charge in [0.2, 0.25) is 0 Å². The van der Waals surface area contributed by atoms with Crippen LogP contribution in [0.4, 0.5) is 4.79 Å². The van der Waals surface area contributed by atoms with E-state index in [1.165, 1.54) is 11.1 Å². The summed E-state index contributed by atoms with van der Waals surface area (Å²) in [6.45, 7) is 39.3. The second-order valence-corrected chi connectivity index (χ2v) is 25.3. The van der Waals surface area contributed by atoms with Gasteiger partial charge in [-0.2, -0.15) is 5.26 Å². The predicted octanol–water partition coefficient (Wildman–Crippen LogP) is 11.6.